The topological polar surface area (TPSA) is 76.5 Å². The summed E-state index contributed by atoms with van der Waals surface area (Å²) in [6, 6.07) is 11.1. The summed E-state index contributed by atoms with van der Waals surface area (Å²) in [5, 5.41) is 6.99. The van der Waals surface area contributed by atoms with Gasteiger partial charge in [-0.3, -0.25) is 14.3 Å². The number of nitrogens with one attached hydrogen (secondary N) is 1. The molecule has 1 N–H and O–H groups in total. The fraction of sp³-hybridized carbons (Fsp3) is 0.261. The molecule has 2 amide bonds. The lowest BCUT2D eigenvalue weighted by Gasteiger charge is -2.32. The second-order valence-corrected chi connectivity index (χ2v) is 7.71. The van der Waals surface area contributed by atoms with Crippen molar-refractivity contribution in [2.24, 2.45) is 0 Å². The fourth-order valence-electron chi connectivity index (χ4n) is 3.82. The maximum Gasteiger partial charge on any atom is 0.416 e. The van der Waals surface area contributed by atoms with Crippen LogP contribution in [0.5, 0.6) is 0 Å². The highest BCUT2D eigenvalue weighted by Gasteiger charge is 2.35. The quantitative estimate of drug-likeness (QED) is 0.563. The normalized spacial score (nSPS) is 15.5. The minimum atomic E-state index is -4.47. The number of nitrogens with zero attached hydrogens (tertiary/aromatic N) is 3. The van der Waals surface area contributed by atoms with Gasteiger partial charge in [0.05, 0.1) is 30.1 Å². The van der Waals surface area contributed by atoms with Crippen LogP contribution >= 0.6 is 13.5 Å². The smallest absolute Gasteiger partial charge is 0.380 e. The van der Waals surface area contributed by atoms with Gasteiger partial charge in [-0.15, -0.1) is 0 Å². The molecule has 34 heavy (non-hydrogen) atoms. The van der Waals surface area contributed by atoms with Crippen LogP contribution in [0.1, 0.15) is 44.9 Å². The number of carbonyl (C=O) groups is 2. The second-order valence-electron chi connectivity index (χ2n) is 7.71. The van der Waals surface area contributed by atoms with Crippen molar-refractivity contribution in [3.8, 4) is 0 Å². The molecule has 0 saturated carbocycles. The molecule has 0 unspecified atom stereocenters. The predicted octanol–water partition coefficient (Wildman–Crippen LogP) is 4.63. The number of anilines is 2. The van der Waals surface area contributed by atoms with Gasteiger partial charge in [-0.1, -0.05) is 18.2 Å². The lowest BCUT2D eigenvalue weighted by atomic mass is 10.1. The van der Waals surface area contributed by atoms with Gasteiger partial charge < -0.3 is 15.0 Å². The van der Waals surface area contributed by atoms with Crippen molar-refractivity contribution in [1.82, 2.24) is 9.78 Å². The zero-order valence-electron chi connectivity index (χ0n) is 18.4. The van der Waals surface area contributed by atoms with E-state index in [-0.39, 0.29) is 44.1 Å². The lowest BCUT2D eigenvalue weighted by molar-refractivity contribution is -0.137. The summed E-state index contributed by atoms with van der Waals surface area (Å²) in [6.45, 7) is 2.30. The Kier molecular flexibility index (Phi) is 7.37. The molecular formula is C23H23F3N4O3S. The molecule has 180 valence electrons. The Bertz CT molecular complexity index is 1190. The zero-order chi connectivity index (χ0) is 23.8. The Hall–Kier alpha value is -3.31. The summed E-state index contributed by atoms with van der Waals surface area (Å²) in [4.78, 5) is 27.6. The van der Waals surface area contributed by atoms with Crippen molar-refractivity contribution in [2.75, 3.05) is 23.9 Å². The molecule has 0 aliphatic carbocycles. The van der Waals surface area contributed by atoms with Gasteiger partial charge in [-0.2, -0.15) is 31.8 Å². The van der Waals surface area contributed by atoms with Crippen molar-refractivity contribution >= 4 is 36.7 Å². The zero-order valence-corrected chi connectivity index (χ0v) is 19.4. The monoisotopic (exact) mass is 492 g/mol. The van der Waals surface area contributed by atoms with Crippen molar-refractivity contribution in [3.63, 3.8) is 0 Å². The highest BCUT2D eigenvalue weighted by Crippen LogP contribution is 2.33. The highest BCUT2D eigenvalue weighted by molar-refractivity contribution is 7.59. The van der Waals surface area contributed by atoms with Crippen molar-refractivity contribution in [3.05, 3.63) is 77.1 Å². The number of aromatic nitrogens is 2. The van der Waals surface area contributed by atoms with Crippen LogP contribution in [-0.2, 0) is 17.5 Å². The molecule has 2 heterocycles. The number of amides is 2. The van der Waals surface area contributed by atoms with Gasteiger partial charge in [-0.25, -0.2) is 0 Å². The van der Waals surface area contributed by atoms with Gasteiger partial charge in [-0.05, 0) is 42.8 Å². The van der Waals surface area contributed by atoms with Crippen LogP contribution in [0.4, 0.5) is 24.5 Å². The van der Waals surface area contributed by atoms with Crippen molar-refractivity contribution in [1.29, 1.82) is 0 Å². The standard InChI is InChI=1S/C23H21F3N4O3.H2S/c1-14-12-29(17-9-7-16(8-10-17)23(24,25)26)22(32)20-19(11-27-30(14)20)28-21(31)18-6-4-3-5-15(18)13-33-2;/h3-11,14H,12-13H2,1-2H3,(H,28,31);1H2/t14-;/m0./s1. The van der Waals surface area contributed by atoms with Gasteiger partial charge in [0.15, 0.2) is 5.69 Å². The van der Waals surface area contributed by atoms with E-state index in [0.29, 0.717) is 16.8 Å². The van der Waals surface area contributed by atoms with E-state index in [1.165, 1.54) is 35.0 Å². The van der Waals surface area contributed by atoms with E-state index in [0.717, 1.165) is 12.1 Å². The number of hydrogen-bond acceptors (Lipinski definition) is 4. The van der Waals surface area contributed by atoms with E-state index in [1.54, 1.807) is 24.3 Å². The van der Waals surface area contributed by atoms with E-state index < -0.39 is 23.6 Å². The number of rotatable bonds is 5. The molecule has 0 fully saturated rings. The maximum atomic E-state index is 13.3. The van der Waals surface area contributed by atoms with E-state index >= 15 is 0 Å². The summed E-state index contributed by atoms with van der Waals surface area (Å²) in [6.07, 6.45) is -3.07. The Morgan fingerprint density at radius 3 is 2.50 bits per heavy atom. The van der Waals surface area contributed by atoms with E-state index in [9.17, 15) is 22.8 Å². The van der Waals surface area contributed by atoms with Gasteiger partial charge in [0.25, 0.3) is 11.8 Å². The molecular weight excluding hydrogens is 469 g/mol. The molecule has 1 atom stereocenters. The van der Waals surface area contributed by atoms with Crippen LogP contribution in [0.2, 0.25) is 0 Å². The van der Waals surface area contributed by atoms with Gasteiger partial charge >= 0.3 is 6.18 Å². The van der Waals surface area contributed by atoms with Crippen LogP contribution in [0.25, 0.3) is 0 Å². The lowest BCUT2D eigenvalue weighted by Crippen LogP contribution is -2.43. The molecule has 3 aromatic rings. The molecule has 7 nitrogen and oxygen atoms in total. The number of benzene rings is 2. The van der Waals surface area contributed by atoms with E-state index in [2.05, 4.69) is 10.4 Å². The first kappa shape index (κ1) is 25.3. The Labute approximate surface area is 201 Å². The van der Waals surface area contributed by atoms with Crippen LogP contribution in [0, 0.1) is 0 Å². The summed E-state index contributed by atoms with van der Waals surface area (Å²) in [7, 11) is 1.53. The molecule has 0 bridgehead atoms. The number of hydrogen-bond donors (Lipinski definition) is 1. The number of fused-ring (bicyclic) bond motifs is 1. The molecule has 0 radical (unpaired) electrons. The minimum Gasteiger partial charge on any atom is -0.380 e. The Balaban J connectivity index is 0.00000324. The number of carbonyl (C=O) groups excluding carboxylic acids is 2. The molecule has 2 aromatic carbocycles. The molecule has 1 aliphatic rings. The SMILES string of the molecule is COCc1ccccc1C(=O)Nc1cnn2c1C(=O)N(c1ccc(C(F)(F)F)cc1)C[C@@H]2C.S. The third-order valence-corrected chi connectivity index (χ3v) is 5.42. The minimum absolute atomic E-state index is 0. The summed E-state index contributed by atoms with van der Waals surface area (Å²) < 4.78 is 45.4. The largest absolute Gasteiger partial charge is 0.416 e. The molecule has 0 saturated heterocycles. The molecule has 0 spiro atoms. The number of ether oxygens (including phenoxy) is 1. The summed E-state index contributed by atoms with van der Waals surface area (Å²) >= 11 is 0. The van der Waals surface area contributed by atoms with E-state index in [4.69, 9.17) is 4.74 Å². The first-order valence-electron chi connectivity index (χ1n) is 10.2. The van der Waals surface area contributed by atoms with Crippen molar-refractivity contribution in [2.45, 2.75) is 25.7 Å². The summed E-state index contributed by atoms with van der Waals surface area (Å²) in [5.41, 5.74) is 0.998. The molecule has 11 heteroatoms. The highest BCUT2D eigenvalue weighted by atomic mass is 32.1. The summed E-state index contributed by atoms with van der Waals surface area (Å²) in [5.74, 6) is -0.892. The molecule has 1 aromatic heterocycles. The van der Waals surface area contributed by atoms with Crippen molar-refractivity contribution < 1.29 is 27.5 Å². The molecule has 1 aliphatic heterocycles. The van der Waals surface area contributed by atoms with Gasteiger partial charge in [0.2, 0.25) is 0 Å². The first-order valence-corrected chi connectivity index (χ1v) is 10.2. The van der Waals surface area contributed by atoms with Gasteiger partial charge in [0, 0.05) is 24.9 Å². The Morgan fingerprint density at radius 2 is 1.85 bits per heavy atom. The number of methoxy groups -OCH3 is 1. The average molecular weight is 493 g/mol. The number of alkyl halides is 3. The number of halogens is 3. The van der Waals surface area contributed by atoms with Gasteiger partial charge in [0.1, 0.15) is 0 Å². The van der Waals surface area contributed by atoms with Crippen LogP contribution in [0.15, 0.2) is 54.7 Å². The average Bonchev–Trinajstić information content (AvgIpc) is 3.21. The third kappa shape index (κ3) is 4.80. The molecule has 4 rings (SSSR count). The first-order chi connectivity index (χ1) is 15.7. The maximum absolute atomic E-state index is 13.3. The van der Waals surface area contributed by atoms with Crippen LogP contribution < -0.4 is 10.2 Å². The van der Waals surface area contributed by atoms with E-state index in [1.807, 2.05) is 6.92 Å². The fourth-order valence-corrected chi connectivity index (χ4v) is 3.82. The van der Waals surface area contributed by atoms with Crippen LogP contribution in [0.3, 0.4) is 0 Å². The van der Waals surface area contributed by atoms with Crippen LogP contribution in [-0.4, -0.2) is 35.2 Å². The third-order valence-electron chi connectivity index (χ3n) is 5.42. The Morgan fingerprint density at radius 1 is 1.18 bits per heavy atom. The second kappa shape index (κ2) is 9.90. The predicted molar refractivity (Wildman–Crippen MR) is 126 cm³/mol.